The van der Waals surface area contributed by atoms with Gasteiger partial charge in [0.2, 0.25) is 5.91 Å². The molecule has 0 saturated carbocycles. The zero-order valence-electron chi connectivity index (χ0n) is 18.5. The lowest BCUT2D eigenvalue weighted by atomic mass is 9.88. The van der Waals surface area contributed by atoms with E-state index >= 15 is 0 Å². The fraction of sp³-hybridized carbons (Fsp3) is 0.435. The van der Waals surface area contributed by atoms with Crippen molar-refractivity contribution in [3.8, 4) is 17.2 Å². The minimum Gasteiger partial charge on any atom is -0.493 e. The number of hydrogen-bond donors (Lipinski definition) is 0. The molecule has 8 heteroatoms. The maximum Gasteiger partial charge on any atom is 0.269 e. The van der Waals surface area contributed by atoms with Crippen LogP contribution in [-0.4, -0.2) is 43.1 Å². The number of rotatable bonds is 6. The Hall–Kier alpha value is -3.29. The number of hydrogen-bond acceptors (Lipinski definition) is 6. The highest BCUT2D eigenvalue weighted by atomic mass is 16.6. The average Bonchev–Trinajstić information content (AvgIpc) is 2.75. The number of nitro benzene ring substituents is 1. The smallest absolute Gasteiger partial charge is 0.269 e. The van der Waals surface area contributed by atoms with Crippen molar-refractivity contribution in [1.29, 1.82) is 0 Å². The third-order valence-corrected chi connectivity index (χ3v) is 5.36. The standard InChI is InChI=1S/C23H28N2O6/c1-23(2,3)22(26)24-11-10-15-12-20(29-4)21(30-5)13-18(15)19(24)14-31-17-8-6-16(7-9-17)25(27)28/h6-9,12-13,19H,10-11,14H2,1-5H3. The summed E-state index contributed by atoms with van der Waals surface area (Å²) < 4.78 is 16.9. The highest BCUT2D eigenvalue weighted by molar-refractivity contribution is 5.82. The van der Waals surface area contributed by atoms with Crippen molar-refractivity contribution in [3.05, 3.63) is 57.6 Å². The van der Waals surface area contributed by atoms with Gasteiger partial charge >= 0.3 is 0 Å². The van der Waals surface area contributed by atoms with E-state index in [0.29, 0.717) is 30.2 Å². The Balaban J connectivity index is 1.95. The van der Waals surface area contributed by atoms with Crippen LogP contribution in [0.4, 0.5) is 5.69 Å². The summed E-state index contributed by atoms with van der Waals surface area (Å²) in [5.41, 5.74) is 1.48. The lowest BCUT2D eigenvalue weighted by Crippen LogP contribution is -2.47. The number of methoxy groups -OCH3 is 2. The number of carbonyl (C=O) groups excluding carboxylic acids is 1. The maximum atomic E-state index is 13.2. The van der Waals surface area contributed by atoms with E-state index in [9.17, 15) is 14.9 Å². The zero-order chi connectivity index (χ0) is 22.8. The molecule has 166 valence electrons. The second kappa shape index (κ2) is 8.83. The van der Waals surface area contributed by atoms with Crippen molar-refractivity contribution in [1.82, 2.24) is 4.90 Å². The molecule has 1 unspecified atom stereocenters. The summed E-state index contributed by atoms with van der Waals surface area (Å²) in [6.07, 6.45) is 0.700. The number of fused-ring (bicyclic) bond motifs is 1. The van der Waals surface area contributed by atoms with Crippen LogP contribution in [0.3, 0.4) is 0 Å². The number of carbonyl (C=O) groups is 1. The molecule has 0 fully saturated rings. The quantitative estimate of drug-likeness (QED) is 0.507. The van der Waals surface area contributed by atoms with Gasteiger partial charge in [0, 0.05) is 24.1 Å². The van der Waals surface area contributed by atoms with Crippen LogP contribution in [0.25, 0.3) is 0 Å². The van der Waals surface area contributed by atoms with Crippen LogP contribution in [0.15, 0.2) is 36.4 Å². The fourth-order valence-corrected chi connectivity index (χ4v) is 3.72. The maximum absolute atomic E-state index is 13.2. The van der Waals surface area contributed by atoms with Crippen LogP contribution in [0, 0.1) is 15.5 Å². The molecule has 0 aromatic heterocycles. The first-order valence-corrected chi connectivity index (χ1v) is 10.1. The molecular weight excluding hydrogens is 400 g/mol. The van der Waals surface area contributed by atoms with E-state index in [1.807, 2.05) is 37.8 Å². The monoisotopic (exact) mass is 428 g/mol. The van der Waals surface area contributed by atoms with Crippen molar-refractivity contribution in [2.75, 3.05) is 27.4 Å². The van der Waals surface area contributed by atoms with Gasteiger partial charge < -0.3 is 19.1 Å². The van der Waals surface area contributed by atoms with E-state index in [1.54, 1.807) is 26.4 Å². The Morgan fingerprint density at radius 3 is 2.29 bits per heavy atom. The van der Waals surface area contributed by atoms with E-state index in [2.05, 4.69) is 0 Å². The number of amides is 1. The van der Waals surface area contributed by atoms with Crippen LogP contribution in [0.1, 0.15) is 37.9 Å². The number of ether oxygens (including phenoxy) is 3. The van der Waals surface area contributed by atoms with Gasteiger partial charge in [-0.3, -0.25) is 14.9 Å². The largest absolute Gasteiger partial charge is 0.493 e. The van der Waals surface area contributed by atoms with E-state index in [0.717, 1.165) is 11.1 Å². The van der Waals surface area contributed by atoms with Gasteiger partial charge in [0.15, 0.2) is 11.5 Å². The van der Waals surface area contributed by atoms with Gasteiger partial charge in [-0.25, -0.2) is 0 Å². The Kier molecular flexibility index (Phi) is 6.38. The van der Waals surface area contributed by atoms with Gasteiger partial charge in [0.25, 0.3) is 5.69 Å². The molecule has 1 heterocycles. The molecule has 31 heavy (non-hydrogen) atoms. The summed E-state index contributed by atoms with van der Waals surface area (Å²) >= 11 is 0. The van der Waals surface area contributed by atoms with Gasteiger partial charge in [-0.1, -0.05) is 20.8 Å². The molecule has 0 radical (unpaired) electrons. The van der Waals surface area contributed by atoms with E-state index in [-0.39, 0.29) is 24.2 Å². The van der Waals surface area contributed by atoms with Gasteiger partial charge in [0.1, 0.15) is 12.4 Å². The Morgan fingerprint density at radius 2 is 1.74 bits per heavy atom. The molecule has 0 spiro atoms. The van der Waals surface area contributed by atoms with Gasteiger partial charge in [0.05, 0.1) is 25.2 Å². The first kappa shape index (κ1) is 22.4. The molecule has 1 aliphatic heterocycles. The van der Waals surface area contributed by atoms with Crippen molar-refractivity contribution < 1.29 is 23.9 Å². The third-order valence-electron chi connectivity index (χ3n) is 5.36. The summed E-state index contributed by atoms with van der Waals surface area (Å²) in [6, 6.07) is 9.45. The molecular formula is C23H28N2O6. The number of nitro groups is 1. The van der Waals surface area contributed by atoms with Gasteiger partial charge in [-0.05, 0) is 41.8 Å². The third kappa shape index (κ3) is 4.73. The first-order chi connectivity index (χ1) is 14.7. The van der Waals surface area contributed by atoms with Crippen LogP contribution < -0.4 is 14.2 Å². The highest BCUT2D eigenvalue weighted by Gasteiger charge is 2.37. The minimum absolute atomic E-state index is 0.00303. The molecule has 1 aliphatic rings. The van der Waals surface area contributed by atoms with Gasteiger partial charge in [-0.2, -0.15) is 0 Å². The molecule has 0 aliphatic carbocycles. The van der Waals surface area contributed by atoms with Crippen LogP contribution in [0.5, 0.6) is 17.2 Å². The molecule has 0 saturated heterocycles. The Labute approximate surface area is 181 Å². The zero-order valence-corrected chi connectivity index (χ0v) is 18.5. The van der Waals surface area contributed by atoms with E-state index in [1.165, 1.54) is 12.1 Å². The minimum atomic E-state index is -0.542. The van der Waals surface area contributed by atoms with Crippen molar-refractivity contribution in [2.45, 2.75) is 33.2 Å². The first-order valence-electron chi connectivity index (χ1n) is 10.1. The number of nitrogens with zero attached hydrogens (tertiary/aromatic N) is 2. The molecule has 2 aromatic carbocycles. The molecule has 0 N–H and O–H groups in total. The van der Waals surface area contributed by atoms with Crippen molar-refractivity contribution in [3.63, 3.8) is 0 Å². The molecule has 8 nitrogen and oxygen atoms in total. The normalized spacial score (nSPS) is 15.8. The second-order valence-corrected chi connectivity index (χ2v) is 8.48. The second-order valence-electron chi connectivity index (χ2n) is 8.48. The fourth-order valence-electron chi connectivity index (χ4n) is 3.72. The average molecular weight is 428 g/mol. The van der Waals surface area contributed by atoms with Crippen LogP contribution in [0.2, 0.25) is 0 Å². The van der Waals surface area contributed by atoms with Gasteiger partial charge in [-0.15, -0.1) is 0 Å². The van der Waals surface area contributed by atoms with Crippen LogP contribution >= 0.6 is 0 Å². The van der Waals surface area contributed by atoms with E-state index in [4.69, 9.17) is 14.2 Å². The molecule has 1 atom stereocenters. The van der Waals surface area contributed by atoms with Crippen molar-refractivity contribution >= 4 is 11.6 Å². The predicted octanol–water partition coefficient (Wildman–Crippen LogP) is 4.16. The summed E-state index contributed by atoms with van der Waals surface area (Å²) in [6.45, 7) is 6.46. The molecule has 2 aromatic rings. The van der Waals surface area contributed by atoms with E-state index < -0.39 is 10.3 Å². The molecule has 1 amide bonds. The summed E-state index contributed by atoms with van der Waals surface area (Å²) in [7, 11) is 3.17. The summed E-state index contributed by atoms with van der Waals surface area (Å²) in [5, 5.41) is 10.9. The highest BCUT2D eigenvalue weighted by Crippen LogP contribution is 2.39. The lowest BCUT2D eigenvalue weighted by molar-refractivity contribution is -0.384. The van der Waals surface area contributed by atoms with Crippen molar-refractivity contribution in [2.24, 2.45) is 5.41 Å². The Bertz CT molecular complexity index is 965. The molecule has 0 bridgehead atoms. The van der Waals surface area contributed by atoms with Crippen LogP contribution in [-0.2, 0) is 11.2 Å². The topological polar surface area (TPSA) is 91.1 Å². The number of benzene rings is 2. The number of non-ortho nitro benzene ring substituents is 1. The SMILES string of the molecule is COc1cc2c(cc1OC)C(COc1ccc([N+](=O)[O-])cc1)N(C(=O)C(C)(C)C)CC2. The Morgan fingerprint density at radius 1 is 1.13 bits per heavy atom. The lowest BCUT2D eigenvalue weighted by Gasteiger charge is -2.40. The predicted molar refractivity (Wildman–Crippen MR) is 116 cm³/mol. The summed E-state index contributed by atoms with van der Waals surface area (Å²) in [5.74, 6) is 1.77. The summed E-state index contributed by atoms with van der Waals surface area (Å²) in [4.78, 5) is 25.5. The molecule has 3 rings (SSSR count).